The Morgan fingerprint density at radius 3 is 2.77 bits per heavy atom. The Bertz CT molecular complexity index is 798. The molecular formula is C23H26O3. The number of fused-ring (bicyclic) bond motifs is 3. The summed E-state index contributed by atoms with van der Waals surface area (Å²) < 4.78 is 4.90. The highest BCUT2D eigenvalue weighted by Crippen LogP contribution is 2.52. The summed E-state index contributed by atoms with van der Waals surface area (Å²) in [5, 5.41) is 10.3. The molecule has 0 aliphatic heterocycles. The molecule has 0 bridgehead atoms. The molecule has 1 N–H and O–H groups in total. The van der Waals surface area contributed by atoms with Crippen LogP contribution in [0.4, 0.5) is 0 Å². The number of rotatable bonds is 3. The number of methoxy groups -OCH3 is 1. The highest BCUT2D eigenvalue weighted by atomic mass is 16.5. The summed E-state index contributed by atoms with van der Waals surface area (Å²) in [7, 11) is 1.43. The van der Waals surface area contributed by atoms with Crippen molar-refractivity contribution < 1.29 is 14.6 Å². The lowest BCUT2D eigenvalue weighted by molar-refractivity contribution is 0.0405. The zero-order chi connectivity index (χ0) is 18.1. The van der Waals surface area contributed by atoms with E-state index in [1.807, 2.05) is 12.1 Å². The van der Waals surface area contributed by atoms with Gasteiger partial charge in [-0.25, -0.2) is 4.79 Å². The fraction of sp³-hybridized carbons (Fsp3) is 0.435. The minimum atomic E-state index is -0.272. The predicted octanol–water partition coefficient (Wildman–Crippen LogP) is 4.06. The molecule has 3 atom stereocenters. The van der Waals surface area contributed by atoms with Crippen LogP contribution in [-0.4, -0.2) is 24.3 Å². The molecule has 2 aromatic rings. The van der Waals surface area contributed by atoms with Crippen LogP contribution in [0.2, 0.25) is 0 Å². The molecule has 0 heterocycles. The molecule has 3 heteroatoms. The summed E-state index contributed by atoms with van der Waals surface area (Å²) in [6.07, 6.45) is 5.58. The highest BCUT2D eigenvalue weighted by molar-refractivity contribution is 5.89. The van der Waals surface area contributed by atoms with E-state index in [0.717, 1.165) is 38.5 Å². The number of hydrogen-bond donors (Lipinski definition) is 1. The normalized spacial score (nSPS) is 27.3. The summed E-state index contributed by atoms with van der Waals surface area (Å²) in [5.41, 5.74) is 4.69. The summed E-state index contributed by atoms with van der Waals surface area (Å²) in [6, 6.07) is 16.7. The number of aliphatic hydroxyl groups excluding tert-OH is 1. The van der Waals surface area contributed by atoms with Crippen LogP contribution >= 0.6 is 0 Å². The van der Waals surface area contributed by atoms with Gasteiger partial charge in [-0.1, -0.05) is 36.4 Å². The average Bonchev–Trinajstić information content (AvgIpc) is 2.68. The van der Waals surface area contributed by atoms with Crippen LogP contribution < -0.4 is 0 Å². The number of esters is 1. The van der Waals surface area contributed by atoms with Gasteiger partial charge in [-0.3, -0.25) is 0 Å². The van der Waals surface area contributed by atoms with Crippen LogP contribution in [0.1, 0.15) is 52.7 Å². The number of carbonyl (C=O) groups is 1. The van der Waals surface area contributed by atoms with Crippen LogP contribution in [0.15, 0.2) is 48.5 Å². The van der Waals surface area contributed by atoms with Crippen molar-refractivity contribution in [1.82, 2.24) is 0 Å². The van der Waals surface area contributed by atoms with Gasteiger partial charge >= 0.3 is 5.97 Å². The van der Waals surface area contributed by atoms with Crippen molar-refractivity contribution in [3.8, 4) is 0 Å². The Balaban J connectivity index is 1.78. The van der Waals surface area contributed by atoms with Crippen LogP contribution in [0.25, 0.3) is 0 Å². The molecule has 0 amide bonds. The fourth-order valence-corrected chi connectivity index (χ4v) is 5.20. The monoisotopic (exact) mass is 350 g/mol. The molecule has 0 saturated heterocycles. The quantitative estimate of drug-likeness (QED) is 0.849. The molecule has 1 saturated carbocycles. The fourth-order valence-electron chi connectivity index (χ4n) is 5.20. The maximum Gasteiger partial charge on any atom is 0.337 e. The highest BCUT2D eigenvalue weighted by Gasteiger charge is 2.47. The minimum Gasteiger partial charge on any atom is -0.465 e. The number of ether oxygens (including phenoxy) is 1. The van der Waals surface area contributed by atoms with Gasteiger partial charge in [0.15, 0.2) is 0 Å². The molecule has 0 aromatic heterocycles. The van der Waals surface area contributed by atoms with Crippen LogP contribution in [0, 0.1) is 5.92 Å². The first-order valence-electron chi connectivity index (χ1n) is 9.56. The zero-order valence-electron chi connectivity index (χ0n) is 15.3. The minimum absolute atomic E-state index is 0.0583. The van der Waals surface area contributed by atoms with E-state index < -0.39 is 0 Å². The first-order chi connectivity index (χ1) is 12.6. The smallest absolute Gasteiger partial charge is 0.337 e. The average molecular weight is 350 g/mol. The molecule has 2 aliphatic rings. The molecule has 3 nitrogen and oxygen atoms in total. The van der Waals surface area contributed by atoms with Gasteiger partial charge in [0.25, 0.3) is 0 Å². The van der Waals surface area contributed by atoms with E-state index in [1.54, 1.807) is 0 Å². The number of hydrogen-bond acceptors (Lipinski definition) is 3. The second-order valence-corrected chi connectivity index (χ2v) is 7.85. The van der Waals surface area contributed by atoms with E-state index in [2.05, 4.69) is 36.4 Å². The lowest BCUT2D eigenvalue weighted by atomic mass is 9.54. The van der Waals surface area contributed by atoms with Crippen LogP contribution in [-0.2, 0) is 23.0 Å². The van der Waals surface area contributed by atoms with Gasteiger partial charge < -0.3 is 9.84 Å². The molecule has 136 valence electrons. The molecule has 26 heavy (non-hydrogen) atoms. The Hall–Kier alpha value is -2.13. The largest absolute Gasteiger partial charge is 0.465 e. The molecule has 1 fully saturated rings. The molecule has 2 aliphatic carbocycles. The van der Waals surface area contributed by atoms with Gasteiger partial charge in [-0.2, -0.15) is 0 Å². The van der Waals surface area contributed by atoms with Crippen molar-refractivity contribution in [2.45, 2.75) is 50.0 Å². The van der Waals surface area contributed by atoms with E-state index in [4.69, 9.17) is 4.74 Å². The third kappa shape index (κ3) is 2.95. The number of aryl methyl sites for hydroxylation is 1. The Kier molecular flexibility index (Phi) is 4.58. The van der Waals surface area contributed by atoms with Gasteiger partial charge in [0.1, 0.15) is 0 Å². The van der Waals surface area contributed by atoms with Gasteiger partial charge in [0, 0.05) is 5.41 Å². The summed E-state index contributed by atoms with van der Waals surface area (Å²) in [6.45, 7) is 0. The van der Waals surface area contributed by atoms with Crippen LogP contribution in [0.3, 0.4) is 0 Å². The number of aliphatic hydroxyl groups is 1. The van der Waals surface area contributed by atoms with E-state index >= 15 is 0 Å². The standard InChI is InChI=1S/C23H26O3/c1-26-22(25)18-8-10-21-17(13-18)7-9-19-14-20(24)11-12-23(19,21)15-16-5-3-2-4-6-16/h2-6,8,10,13,19-20,24H,7,9,11-12,14-15H2,1H3. The van der Waals surface area contributed by atoms with Crippen molar-refractivity contribution >= 4 is 5.97 Å². The third-order valence-corrected chi connectivity index (χ3v) is 6.45. The van der Waals surface area contributed by atoms with Crippen molar-refractivity contribution in [3.05, 3.63) is 70.8 Å². The second kappa shape index (κ2) is 6.88. The first-order valence-corrected chi connectivity index (χ1v) is 9.56. The van der Waals surface area contributed by atoms with E-state index in [1.165, 1.54) is 23.8 Å². The summed E-state index contributed by atoms with van der Waals surface area (Å²) >= 11 is 0. The second-order valence-electron chi connectivity index (χ2n) is 7.85. The van der Waals surface area contributed by atoms with Gasteiger partial charge in [0.05, 0.1) is 18.8 Å². The number of benzene rings is 2. The van der Waals surface area contributed by atoms with Crippen LogP contribution in [0.5, 0.6) is 0 Å². The Morgan fingerprint density at radius 2 is 2.00 bits per heavy atom. The van der Waals surface area contributed by atoms with E-state index in [-0.39, 0.29) is 17.5 Å². The number of carbonyl (C=O) groups excluding carboxylic acids is 1. The molecule has 0 radical (unpaired) electrons. The zero-order valence-corrected chi connectivity index (χ0v) is 15.3. The van der Waals surface area contributed by atoms with Crippen molar-refractivity contribution in [1.29, 1.82) is 0 Å². The molecule has 2 aromatic carbocycles. The first kappa shape index (κ1) is 17.3. The Labute approximate surface area is 155 Å². The Morgan fingerprint density at radius 1 is 1.19 bits per heavy atom. The molecule has 3 unspecified atom stereocenters. The van der Waals surface area contributed by atoms with Crippen molar-refractivity contribution in [2.75, 3.05) is 7.11 Å². The van der Waals surface area contributed by atoms with Crippen molar-refractivity contribution in [2.24, 2.45) is 5.92 Å². The molecule has 0 spiro atoms. The molecular weight excluding hydrogens is 324 g/mol. The summed E-state index contributed by atoms with van der Waals surface area (Å²) in [4.78, 5) is 11.9. The van der Waals surface area contributed by atoms with E-state index in [9.17, 15) is 9.90 Å². The molecule has 4 rings (SSSR count). The lowest BCUT2D eigenvalue weighted by Gasteiger charge is -2.50. The van der Waals surface area contributed by atoms with Gasteiger partial charge in [-0.05, 0) is 73.3 Å². The van der Waals surface area contributed by atoms with Gasteiger partial charge in [-0.15, -0.1) is 0 Å². The summed E-state index contributed by atoms with van der Waals surface area (Å²) in [5.74, 6) is 0.217. The third-order valence-electron chi connectivity index (χ3n) is 6.45. The van der Waals surface area contributed by atoms with Crippen molar-refractivity contribution in [3.63, 3.8) is 0 Å². The maximum atomic E-state index is 11.9. The topological polar surface area (TPSA) is 46.5 Å². The maximum absolute atomic E-state index is 11.9. The SMILES string of the molecule is COC(=O)c1ccc2c(c1)CCC1CC(O)CCC21Cc1ccccc1. The lowest BCUT2D eigenvalue weighted by Crippen LogP contribution is -2.46. The van der Waals surface area contributed by atoms with Gasteiger partial charge in [0.2, 0.25) is 0 Å². The predicted molar refractivity (Wildman–Crippen MR) is 101 cm³/mol. The van der Waals surface area contributed by atoms with E-state index in [0.29, 0.717) is 11.5 Å².